The largest absolute Gasteiger partial charge is 0.359 e. The van der Waals surface area contributed by atoms with E-state index in [0.717, 1.165) is 19.3 Å². The number of hydrogen-bond acceptors (Lipinski definition) is 4. The van der Waals surface area contributed by atoms with Gasteiger partial charge in [-0.1, -0.05) is 37.0 Å². The Balaban J connectivity index is 1.57. The molecule has 6 atom stereocenters. The maximum absolute atomic E-state index is 12.8. The van der Waals surface area contributed by atoms with Crippen molar-refractivity contribution in [3.8, 4) is 0 Å². The van der Waals surface area contributed by atoms with Gasteiger partial charge < -0.3 is 9.47 Å². The van der Waals surface area contributed by atoms with E-state index in [4.69, 9.17) is 9.47 Å². The van der Waals surface area contributed by atoms with E-state index in [9.17, 15) is 9.59 Å². The fourth-order valence-corrected chi connectivity index (χ4v) is 6.93. The minimum Gasteiger partial charge on any atom is -0.359 e. The smallest absolute Gasteiger partial charge is 0.188 e. The Morgan fingerprint density at radius 3 is 2.69 bits per heavy atom. The monoisotopic (exact) mass is 352 g/mol. The lowest BCUT2D eigenvalue weighted by atomic mass is 9.58. The third-order valence-corrected chi connectivity index (χ3v) is 7.98. The van der Waals surface area contributed by atoms with Gasteiger partial charge in [0, 0.05) is 17.3 Å². The topological polar surface area (TPSA) is 52.6 Å². The first kappa shape index (κ1) is 15.5. The van der Waals surface area contributed by atoms with Gasteiger partial charge in [-0.2, -0.15) is 0 Å². The predicted octanol–water partition coefficient (Wildman–Crippen LogP) is 3.07. The third kappa shape index (κ3) is 1.64. The Morgan fingerprint density at radius 2 is 1.88 bits per heavy atom. The molecule has 0 radical (unpaired) electrons. The van der Waals surface area contributed by atoms with Crippen LogP contribution in [0.4, 0.5) is 0 Å². The van der Waals surface area contributed by atoms with Crippen molar-refractivity contribution in [2.75, 3.05) is 0 Å². The average Bonchev–Trinajstić information content (AvgIpc) is 3.15. The van der Waals surface area contributed by atoms with Gasteiger partial charge >= 0.3 is 0 Å². The maximum Gasteiger partial charge on any atom is 0.188 e. The van der Waals surface area contributed by atoms with Crippen LogP contribution in [0.1, 0.15) is 45.4 Å². The molecular weight excluding hydrogens is 328 g/mol. The van der Waals surface area contributed by atoms with Gasteiger partial charge in [-0.15, -0.1) is 0 Å². The molecule has 6 rings (SSSR count). The van der Waals surface area contributed by atoms with Crippen molar-refractivity contribution in [1.29, 1.82) is 0 Å². The molecule has 1 saturated carbocycles. The van der Waals surface area contributed by atoms with Gasteiger partial charge in [-0.25, -0.2) is 0 Å². The minimum absolute atomic E-state index is 0.0168. The van der Waals surface area contributed by atoms with Crippen LogP contribution in [0.5, 0.6) is 0 Å². The standard InChI is InChI=1S/C22H24O4/c1-21-16(24)7-6-15(26-21)12-11-13-19(18(12)21)22(9-3-2-4-10-22)17-8-5-14(23)20(13)25-17/h5-8,12,15,17-18,20H,2-4,9-11H2,1H3/t12?,15-,17+,18?,20+,21+/m0/s1. The molecule has 2 fully saturated rings. The summed E-state index contributed by atoms with van der Waals surface area (Å²) in [6.07, 6.45) is 13.6. The van der Waals surface area contributed by atoms with E-state index in [-0.39, 0.29) is 41.0 Å². The van der Waals surface area contributed by atoms with Crippen molar-refractivity contribution in [3.63, 3.8) is 0 Å². The molecule has 26 heavy (non-hydrogen) atoms. The van der Waals surface area contributed by atoms with E-state index in [1.54, 1.807) is 12.2 Å². The number of rotatable bonds is 0. The fraction of sp³-hybridized carbons (Fsp3) is 0.636. The molecule has 0 aromatic rings. The van der Waals surface area contributed by atoms with Crippen LogP contribution in [0.2, 0.25) is 0 Å². The van der Waals surface area contributed by atoms with E-state index in [0.29, 0.717) is 0 Å². The van der Waals surface area contributed by atoms with Crippen molar-refractivity contribution in [2.24, 2.45) is 17.3 Å². The summed E-state index contributed by atoms with van der Waals surface area (Å²) in [5.74, 6) is 0.510. The summed E-state index contributed by atoms with van der Waals surface area (Å²) in [6.45, 7) is 1.98. The molecule has 136 valence electrons. The highest BCUT2D eigenvalue weighted by Crippen LogP contribution is 2.65. The lowest BCUT2D eigenvalue weighted by molar-refractivity contribution is -0.142. The first-order chi connectivity index (χ1) is 12.5. The van der Waals surface area contributed by atoms with E-state index in [1.165, 1.54) is 30.4 Å². The third-order valence-electron chi connectivity index (χ3n) is 7.98. The zero-order chi connectivity index (χ0) is 17.7. The second-order valence-electron chi connectivity index (χ2n) is 9.11. The Labute approximate surface area is 153 Å². The second-order valence-corrected chi connectivity index (χ2v) is 9.11. The predicted molar refractivity (Wildman–Crippen MR) is 94.4 cm³/mol. The van der Waals surface area contributed by atoms with Crippen molar-refractivity contribution in [1.82, 2.24) is 0 Å². The van der Waals surface area contributed by atoms with Gasteiger partial charge in [0.05, 0.1) is 12.2 Å². The quantitative estimate of drug-likeness (QED) is 0.629. The molecule has 2 aliphatic carbocycles. The van der Waals surface area contributed by atoms with Gasteiger partial charge in [-0.3, -0.25) is 9.59 Å². The van der Waals surface area contributed by atoms with Crippen LogP contribution in [-0.2, 0) is 19.1 Å². The Morgan fingerprint density at radius 1 is 1.08 bits per heavy atom. The molecule has 0 aromatic carbocycles. The fourth-order valence-electron chi connectivity index (χ4n) is 6.93. The van der Waals surface area contributed by atoms with Crippen LogP contribution >= 0.6 is 0 Å². The lowest BCUT2D eigenvalue weighted by Crippen LogP contribution is -2.54. The Kier molecular flexibility index (Phi) is 2.89. The maximum atomic E-state index is 12.8. The van der Waals surface area contributed by atoms with Crippen LogP contribution in [0.25, 0.3) is 0 Å². The van der Waals surface area contributed by atoms with E-state index >= 15 is 0 Å². The summed E-state index contributed by atoms with van der Waals surface area (Å²) in [4.78, 5) is 25.4. The van der Waals surface area contributed by atoms with Gasteiger partial charge in [0.25, 0.3) is 0 Å². The summed E-state index contributed by atoms with van der Waals surface area (Å²) in [6, 6.07) is 0. The number of fused-ring (bicyclic) bond motifs is 11. The first-order valence-corrected chi connectivity index (χ1v) is 10.1. The molecular formula is C22H24O4. The molecule has 4 aliphatic heterocycles. The zero-order valence-electron chi connectivity index (χ0n) is 15.1. The minimum atomic E-state index is -0.774. The van der Waals surface area contributed by atoms with Gasteiger partial charge in [0.1, 0.15) is 11.7 Å². The van der Waals surface area contributed by atoms with Crippen LogP contribution in [0.15, 0.2) is 35.5 Å². The SMILES string of the molecule is C[C@@]12O[C@@H](C=CC1=O)C1CC3=C(C12)C1(CCCCC1)[C@H]1C=CC(=O)[C@@H]3O1. The Hall–Kier alpha value is -1.52. The molecule has 6 aliphatic rings. The normalized spacial score (nSPS) is 47.5. The molecule has 0 amide bonds. The van der Waals surface area contributed by atoms with Crippen molar-refractivity contribution in [2.45, 2.75) is 69.4 Å². The molecule has 4 nitrogen and oxygen atoms in total. The highest BCUT2D eigenvalue weighted by Gasteiger charge is 2.67. The molecule has 4 heteroatoms. The zero-order valence-corrected chi connectivity index (χ0v) is 15.1. The van der Waals surface area contributed by atoms with Gasteiger partial charge in [0.15, 0.2) is 11.6 Å². The second kappa shape index (κ2) is 4.85. The summed E-state index contributed by atoms with van der Waals surface area (Å²) in [7, 11) is 0. The number of ether oxygens (including phenoxy) is 2. The van der Waals surface area contributed by atoms with Crippen molar-refractivity contribution in [3.05, 3.63) is 35.5 Å². The molecule has 1 spiro atoms. The van der Waals surface area contributed by atoms with Gasteiger partial charge in [0.2, 0.25) is 0 Å². The summed E-state index contributed by atoms with van der Waals surface area (Å²) < 4.78 is 12.6. The van der Waals surface area contributed by atoms with Crippen LogP contribution in [0.3, 0.4) is 0 Å². The summed E-state index contributed by atoms with van der Waals surface area (Å²) in [5, 5.41) is 0. The average molecular weight is 352 g/mol. The molecule has 1 saturated heterocycles. The van der Waals surface area contributed by atoms with Crippen molar-refractivity contribution >= 4 is 11.6 Å². The summed E-state index contributed by atoms with van der Waals surface area (Å²) >= 11 is 0. The van der Waals surface area contributed by atoms with Crippen molar-refractivity contribution < 1.29 is 19.1 Å². The van der Waals surface area contributed by atoms with E-state index in [1.807, 2.05) is 19.1 Å². The lowest BCUT2D eigenvalue weighted by Gasteiger charge is -2.52. The number of carbonyl (C=O) groups is 2. The van der Waals surface area contributed by atoms with Gasteiger partial charge in [-0.05, 0) is 43.9 Å². The highest BCUT2D eigenvalue weighted by atomic mass is 16.5. The number of carbonyl (C=O) groups excluding carboxylic acids is 2. The van der Waals surface area contributed by atoms with Crippen LogP contribution in [-0.4, -0.2) is 35.5 Å². The van der Waals surface area contributed by atoms with Crippen LogP contribution < -0.4 is 0 Å². The van der Waals surface area contributed by atoms with E-state index < -0.39 is 11.7 Å². The van der Waals surface area contributed by atoms with E-state index in [2.05, 4.69) is 0 Å². The summed E-state index contributed by atoms with van der Waals surface area (Å²) in [5.41, 5.74) is 1.74. The molecule has 0 N–H and O–H groups in total. The number of ketones is 2. The van der Waals surface area contributed by atoms with Crippen LogP contribution in [0, 0.1) is 17.3 Å². The number of hydrogen-bond donors (Lipinski definition) is 0. The Bertz CT molecular complexity index is 812. The highest BCUT2D eigenvalue weighted by molar-refractivity contribution is 6.00. The molecule has 4 bridgehead atoms. The first-order valence-electron chi connectivity index (χ1n) is 10.1. The molecule has 4 heterocycles. The molecule has 0 aromatic heterocycles. The molecule has 2 unspecified atom stereocenters.